The predicted molar refractivity (Wildman–Crippen MR) is 42.3 cm³/mol. The standard InChI is InChI=1S/C6H17NOSi/c1-6(2,3)7(8)9(4)5/h8-9H,1-5H3. The van der Waals surface area contributed by atoms with Crippen LogP contribution in [0.2, 0.25) is 13.1 Å². The summed E-state index contributed by atoms with van der Waals surface area (Å²) in [5.74, 6) is 0. The van der Waals surface area contributed by atoms with Crippen molar-refractivity contribution < 1.29 is 5.21 Å². The molecule has 0 unspecified atom stereocenters. The number of nitrogens with zero attached hydrogens (tertiary/aromatic N) is 1. The lowest BCUT2D eigenvalue weighted by Crippen LogP contribution is -2.45. The smallest absolute Gasteiger partial charge is 0.139 e. The van der Waals surface area contributed by atoms with Gasteiger partial charge in [-0.05, 0) is 20.8 Å². The summed E-state index contributed by atoms with van der Waals surface area (Å²) >= 11 is 0. The zero-order valence-electron chi connectivity index (χ0n) is 6.97. The molecule has 2 nitrogen and oxygen atoms in total. The predicted octanol–water partition coefficient (Wildman–Crippen LogP) is 1.46. The van der Waals surface area contributed by atoms with Crippen molar-refractivity contribution in [1.29, 1.82) is 0 Å². The van der Waals surface area contributed by atoms with E-state index in [4.69, 9.17) is 0 Å². The molecular weight excluding hydrogens is 130 g/mol. The van der Waals surface area contributed by atoms with Gasteiger partial charge in [-0.3, -0.25) is 0 Å². The number of hydroxylamine groups is 1. The Kier molecular flexibility index (Phi) is 2.86. The van der Waals surface area contributed by atoms with Crippen LogP contribution >= 0.6 is 0 Å². The van der Waals surface area contributed by atoms with E-state index in [1.165, 1.54) is 4.73 Å². The summed E-state index contributed by atoms with van der Waals surface area (Å²) in [5.41, 5.74) is -0.0691. The zero-order chi connectivity index (χ0) is 7.65. The molecule has 0 saturated carbocycles. The minimum absolute atomic E-state index is 0.0691. The van der Waals surface area contributed by atoms with Crippen molar-refractivity contribution in [1.82, 2.24) is 4.73 Å². The molecule has 0 bridgehead atoms. The fraction of sp³-hybridized carbons (Fsp3) is 1.00. The quantitative estimate of drug-likeness (QED) is 0.448. The minimum Gasteiger partial charge on any atom is -0.321 e. The van der Waals surface area contributed by atoms with Crippen LogP contribution in [0.15, 0.2) is 0 Å². The van der Waals surface area contributed by atoms with Gasteiger partial charge in [0, 0.05) is 5.54 Å². The summed E-state index contributed by atoms with van der Waals surface area (Å²) in [5, 5.41) is 9.36. The Morgan fingerprint density at radius 3 is 1.56 bits per heavy atom. The van der Waals surface area contributed by atoms with E-state index in [2.05, 4.69) is 13.1 Å². The van der Waals surface area contributed by atoms with Crippen molar-refractivity contribution in [2.45, 2.75) is 39.4 Å². The van der Waals surface area contributed by atoms with E-state index in [0.29, 0.717) is 0 Å². The number of hydrogen-bond donors (Lipinski definition) is 1. The second-order valence-corrected chi connectivity index (χ2v) is 6.29. The van der Waals surface area contributed by atoms with Crippen LogP contribution in [0.1, 0.15) is 20.8 Å². The Morgan fingerprint density at radius 2 is 1.56 bits per heavy atom. The molecule has 0 aliphatic heterocycles. The number of hydrogen-bond acceptors (Lipinski definition) is 2. The zero-order valence-corrected chi connectivity index (χ0v) is 8.13. The van der Waals surface area contributed by atoms with Crippen LogP contribution in [0, 0.1) is 0 Å². The van der Waals surface area contributed by atoms with Crippen LogP contribution in [-0.4, -0.2) is 24.4 Å². The van der Waals surface area contributed by atoms with Gasteiger partial charge in [-0.2, -0.15) is 0 Å². The molecule has 56 valence electrons. The SMILES string of the molecule is C[SiH](C)N(O)C(C)(C)C. The molecule has 0 rings (SSSR count). The molecule has 0 spiro atoms. The first-order valence-electron chi connectivity index (χ1n) is 3.34. The van der Waals surface area contributed by atoms with Gasteiger partial charge in [0.05, 0.1) is 0 Å². The highest BCUT2D eigenvalue weighted by Gasteiger charge is 2.21. The molecule has 0 aromatic carbocycles. The van der Waals surface area contributed by atoms with Gasteiger partial charge in [0.15, 0.2) is 0 Å². The summed E-state index contributed by atoms with van der Waals surface area (Å²) in [6.45, 7) is 10.2. The van der Waals surface area contributed by atoms with Crippen molar-refractivity contribution in [3.05, 3.63) is 0 Å². The van der Waals surface area contributed by atoms with Crippen molar-refractivity contribution in [2.75, 3.05) is 0 Å². The first-order valence-corrected chi connectivity index (χ1v) is 6.16. The molecule has 0 amide bonds. The Balaban J connectivity index is 3.88. The molecule has 0 atom stereocenters. The lowest BCUT2D eigenvalue weighted by Gasteiger charge is -2.32. The van der Waals surface area contributed by atoms with Crippen LogP contribution in [0.4, 0.5) is 0 Å². The topological polar surface area (TPSA) is 23.5 Å². The van der Waals surface area contributed by atoms with Crippen LogP contribution in [0.25, 0.3) is 0 Å². The Bertz CT molecular complexity index is 87.5. The van der Waals surface area contributed by atoms with Gasteiger partial charge >= 0.3 is 0 Å². The largest absolute Gasteiger partial charge is 0.321 e. The highest BCUT2D eigenvalue weighted by molar-refractivity contribution is 6.52. The summed E-state index contributed by atoms with van der Waals surface area (Å²) in [7, 11) is -1.00. The van der Waals surface area contributed by atoms with Gasteiger partial charge in [0.25, 0.3) is 0 Å². The average molecular weight is 147 g/mol. The van der Waals surface area contributed by atoms with E-state index in [9.17, 15) is 5.21 Å². The average Bonchev–Trinajstić information content (AvgIpc) is 1.62. The second kappa shape index (κ2) is 2.81. The third-order valence-electron chi connectivity index (χ3n) is 1.18. The highest BCUT2D eigenvalue weighted by atomic mass is 28.3. The monoisotopic (exact) mass is 147 g/mol. The van der Waals surface area contributed by atoms with Crippen LogP contribution in [0.3, 0.4) is 0 Å². The lowest BCUT2D eigenvalue weighted by molar-refractivity contribution is -0.0755. The van der Waals surface area contributed by atoms with Crippen molar-refractivity contribution in [3.8, 4) is 0 Å². The Hall–Kier alpha value is 0.137. The van der Waals surface area contributed by atoms with Gasteiger partial charge in [-0.15, -0.1) is 0 Å². The van der Waals surface area contributed by atoms with E-state index >= 15 is 0 Å². The number of rotatable bonds is 1. The fourth-order valence-electron chi connectivity index (χ4n) is 0.775. The van der Waals surface area contributed by atoms with Crippen molar-refractivity contribution in [2.24, 2.45) is 0 Å². The molecule has 0 fully saturated rings. The Morgan fingerprint density at radius 1 is 1.22 bits per heavy atom. The summed E-state index contributed by atoms with van der Waals surface area (Å²) < 4.78 is 1.49. The molecule has 3 heteroatoms. The van der Waals surface area contributed by atoms with E-state index in [1.54, 1.807) is 0 Å². The normalized spacial score (nSPS) is 13.3. The minimum atomic E-state index is -1.00. The molecule has 0 aromatic heterocycles. The molecule has 0 heterocycles. The summed E-state index contributed by atoms with van der Waals surface area (Å²) in [6.07, 6.45) is 0. The molecule has 0 aromatic rings. The second-order valence-electron chi connectivity index (χ2n) is 3.61. The van der Waals surface area contributed by atoms with Gasteiger partial charge in [-0.25, -0.2) is 4.73 Å². The van der Waals surface area contributed by atoms with Crippen LogP contribution in [0.5, 0.6) is 0 Å². The fourth-order valence-corrected chi connectivity index (χ4v) is 2.32. The third-order valence-corrected chi connectivity index (χ3v) is 2.93. The van der Waals surface area contributed by atoms with E-state index in [0.717, 1.165) is 0 Å². The van der Waals surface area contributed by atoms with Gasteiger partial charge in [-0.1, -0.05) is 13.1 Å². The van der Waals surface area contributed by atoms with Crippen molar-refractivity contribution >= 4 is 8.96 Å². The summed E-state index contributed by atoms with van der Waals surface area (Å²) in [4.78, 5) is 0. The molecule has 0 radical (unpaired) electrons. The highest BCUT2D eigenvalue weighted by Crippen LogP contribution is 2.10. The molecule has 0 aliphatic carbocycles. The van der Waals surface area contributed by atoms with Crippen LogP contribution in [-0.2, 0) is 0 Å². The lowest BCUT2D eigenvalue weighted by atomic mass is 10.1. The maximum Gasteiger partial charge on any atom is 0.139 e. The molecule has 9 heavy (non-hydrogen) atoms. The van der Waals surface area contributed by atoms with Gasteiger partial charge in [0.1, 0.15) is 8.96 Å². The molecule has 0 saturated heterocycles. The Labute approximate surface area is 59.1 Å². The molecule has 1 N–H and O–H groups in total. The first kappa shape index (κ1) is 9.14. The summed E-state index contributed by atoms with van der Waals surface area (Å²) in [6, 6.07) is 0. The molecule has 0 aliphatic rings. The van der Waals surface area contributed by atoms with E-state index in [1.807, 2.05) is 20.8 Å². The first-order chi connectivity index (χ1) is 3.85. The third kappa shape index (κ3) is 2.98. The van der Waals surface area contributed by atoms with Gasteiger partial charge in [0.2, 0.25) is 0 Å². The maximum atomic E-state index is 9.36. The molecular formula is C6H17NOSi. The van der Waals surface area contributed by atoms with Gasteiger partial charge < -0.3 is 5.21 Å². The van der Waals surface area contributed by atoms with Crippen molar-refractivity contribution in [3.63, 3.8) is 0 Å². The van der Waals surface area contributed by atoms with E-state index in [-0.39, 0.29) is 5.54 Å². The maximum absolute atomic E-state index is 9.36. The van der Waals surface area contributed by atoms with Crippen LogP contribution < -0.4 is 0 Å². The van der Waals surface area contributed by atoms with E-state index < -0.39 is 8.96 Å².